The average molecular weight is 1230 g/mol. The van der Waals surface area contributed by atoms with Gasteiger partial charge in [-0.15, -0.1) is 0 Å². The molecule has 480 valence electrons. The molecule has 23 heteroatoms. The molecule has 2 aliphatic rings. The molecule has 0 spiro atoms. The lowest BCUT2D eigenvalue weighted by Gasteiger charge is -2.40. The first kappa shape index (κ1) is 69.6. The molecule has 0 bridgehead atoms. The van der Waals surface area contributed by atoms with Gasteiger partial charge in [0.05, 0.1) is 30.0 Å². The number of unbranched alkanes of at least 4 members (excludes halogenated alkanes) is 1. The zero-order chi connectivity index (χ0) is 65.7. The lowest BCUT2D eigenvalue weighted by molar-refractivity contribution is -0.271. The SMILES string of the molecule is CN[C@H](C(=O)N[C@H](C(=O)N(C)[C@H](/C=C(\C)C(=O)O)C(C)C)C(C)(C)C)C(C)(C)c1cccc(NC(=O)OCc2cc(C)c(OC3OC(C(=O)O)C(O)C(O)C3O)c(NC(=O)CCNC(=O)CCCCC(=O)N3Cc4ccccc4/C=C\c4ccccc43)c2)c1. The second kappa shape index (κ2) is 30.6. The number of carboxylic acid groups (broad SMARTS) is 2. The Labute approximate surface area is 518 Å². The van der Waals surface area contributed by atoms with Crippen molar-refractivity contribution < 1.29 is 78.1 Å². The highest BCUT2D eigenvalue weighted by atomic mass is 16.7. The predicted molar refractivity (Wildman–Crippen MR) is 334 cm³/mol. The smallest absolute Gasteiger partial charge is 0.411 e. The number of carbonyl (C=O) groups excluding carboxylic acids is 6. The normalized spacial score (nSPS) is 18.9. The molecule has 1 fully saturated rings. The standard InChI is InChI=1S/C66H85N7O16/c1-37(2)48(32-39(4)61(82)83)72(11)60(81)58(65(5,6)7)71-59(80)57(67-10)66(8,9)44-22-18-23-45(34-44)69-64(86)87-36-40-31-38(3)55(88-63-54(79)52(77)53(78)56(89-63)62(84)85)46(33-40)70-50(75)29-30-68-49(74)25-16-17-26-51(76)73-35-43-21-13-12-19-41(43)27-28-42-20-14-15-24-47(42)73/h12-15,18-24,27-28,31-34,37,48,52-54,56-58,63,67,77-79H,16-17,25-26,29-30,35-36H2,1-11H3,(H,68,74)(H,69,86)(H,70,75)(H,71,80)(H,82,83)(H,84,85)/b28-27-,39-32+/t48-,52?,53?,54?,56?,57-,58-,63?/m1/s1. The van der Waals surface area contributed by atoms with Crippen molar-refractivity contribution in [2.24, 2.45) is 11.3 Å². The molecule has 6 amide bonds. The number of rotatable bonds is 25. The van der Waals surface area contributed by atoms with Crippen LogP contribution in [0.25, 0.3) is 12.2 Å². The molecule has 0 saturated carbocycles. The number of carbonyl (C=O) groups is 8. The van der Waals surface area contributed by atoms with Gasteiger partial charge in [-0.05, 0) is 109 Å². The number of amides is 6. The van der Waals surface area contributed by atoms with Gasteiger partial charge >= 0.3 is 18.0 Å². The zero-order valence-electron chi connectivity index (χ0n) is 52.3. The quantitative estimate of drug-likeness (QED) is 0.0245. The van der Waals surface area contributed by atoms with E-state index in [9.17, 15) is 63.9 Å². The second-order valence-corrected chi connectivity index (χ2v) is 24.4. The van der Waals surface area contributed by atoms with E-state index in [1.165, 1.54) is 30.0 Å². The lowest BCUT2D eigenvalue weighted by atomic mass is 9.76. The molecule has 0 aliphatic carbocycles. The van der Waals surface area contributed by atoms with Crippen molar-refractivity contribution in [3.05, 3.63) is 130 Å². The summed E-state index contributed by atoms with van der Waals surface area (Å²) < 4.78 is 17.0. The number of aliphatic hydroxyl groups is 3. The maximum Gasteiger partial charge on any atom is 0.411 e. The minimum Gasteiger partial charge on any atom is -0.479 e. The molecule has 2 aliphatic heterocycles. The molecule has 0 radical (unpaired) electrons. The fourth-order valence-electron chi connectivity index (χ4n) is 10.7. The van der Waals surface area contributed by atoms with Crippen LogP contribution in [0.1, 0.15) is 121 Å². The van der Waals surface area contributed by atoms with Crippen LogP contribution >= 0.6 is 0 Å². The van der Waals surface area contributed by atoms with Gasteiger partial charge in [0, 0.05) is 49.5 Å². The molecule has 2 heterocycles. The number of aliphatic hydroxyl groups excluding tert-OH is 3. The number of anilines is 3. The Kier molecular flexibility index (Phi) is 24.0. The van der Waals surface area contributed by atoms with E-state index in [4.69, 9.17) is 14.2 Å². The predicted octanol–water partition coefficient (Wildman–Crippen LogP) is 6.65. The minimum absolute atomic E-state index is 0.0542. The Morgan fingerprint density at radius 3 is 2.11 bits per heavy atom. The first-order valence-corrected chi connectivity index (χ1v) is 29.6. The van der Waals surface area contributed by atoms with Gasteiger partial charge in [0.2, 0.25) is 35.8 Å². The summed E-state index contributed by atoms with van der Waals surface area (Å²) in [5.41, 5.74) is 3.50. The molecule has 5 unspecified atom stereocenters. The molecule has 10 N–H and O–H groups in total. The summed E-state index contributed by atoms with van der Waals surface area (Å²) in [6.45, 7) is 15.7. The van der Waals surface area contributed by atoms with Crippen molar-refractivity contribution in [3.8, 4) is 5.75 Å². The van der Waals surface area contributed by atoms with Crippen molar-refractivity contribution >= 4 is 76.8 Å². The third-order valence-electron chi connectivity index (χ3n) is 15.9. The van der Waals surface area contributed by atoms with E-state index >= 15 is 0 Å². The van der Waals surface area contributed by atoms with Crippen molar-refractivity contribution in [2.45, 2.75) is 162 Å². The summed E-state index contributed by atoms with van der Waals surface area (Å²) in [6.07, 6.45) is -4.29. The van der Waals surface area contributed by atoms with Crippen molar-refractivity contribution in [2.75, 3.05) is 36.2 Å². The van der Waals surface area contributed by atoms with E-state index in [1.54, 1.807) is 50.2 Å². The van der Waals surface area contributed by atoms with Crippen LogP contribution in [0.2, 0.25) is 0 Å². The molecule has 4 aromatic carbocycles. The summed E-state index contributed by atoms with van der Waals surface area (Å²) in [6, 6.07) is 22.7. The fourth-order valence-corrected chi connectivity index (χ4v) is 10.7. The molecule has 8 atom stereocenters. The third-order valence-corrected chi connectivity index (χ3v) is 15.9. The number of ether oxygens (including phenoxy) is 3. The van der Waals surface area contributed by atoms with Gasteiger partial charge in [-0.25, -0.2) is 14.4 Å². The Morgan fingerprint density at radius 1 is 0.787 bits per heavy atom. The number of nitrogens with one attached hydrogen (secondary N) is 5. The van der Waals surface area contributed by atoms with Crippen LogP contribution in [0.15, 0.2) is 96.6 Å². The van der Waals surface area contributed by atoms with Crippen molar-refractivity contribution in [1.82, 2.24) is 20.9 Å². The van der Waals surface area contributed by atoms with Crippen molar-refractivity contribution in [1.29, 1.82) is 0 Å². The number of hydrogen-bond acceptors (Lipinski definition) is 15. The number of benzene rings is 4. The Bertz CT molecular complexity index is 3300. The highest BCUT2D eigenvalue weighted by molar-refractivity contribution is 5.97. The van der Waals surface area contributed by atoms with Gasteiger partial charge in [-0.3, -0.25) is 29.3 Å². The highest BCUT2D eigenvalue weighted by Gasteiger charge is 2.49. The second-order valence-electron chi connectivity index (χ2n) is 24.4. The van der Waals surface area contributed by atoms with E-state index in [0.29, 0.717) is 36.2 Å². The first-order chi connectivity index (χ1) is 41.9. The monoisotopic (exact) mass is 1230 g/mol. The Morgan fingerprint density at radius 2 is 1.45 bits per heavy atom. The van der Waals surface area contributed by atoms with E-state index < -0.39 is 95.4 Å². The molecule has 1 saturated heterocycles. The number of aryl methyl sites for hydroxylation is 1. The van der Waals surface area contributed by atoms with Crippen LogP contribution in [0.3, 0.4) is 0 Å². The molecular formula is C66H85N7O16. The lowest BCUT2D eigenvalue weighted by Crippen LogP contribution is -2.61. The van der Waals surface area contributed by atoms with Gasteiger partial charge in [0.1, 0.15) is 36.7 Å². The number of para-hydroxylation sites is 1. The minimum atomic E-state index is -2.01. The zero-order valence-corrected chi connectivity index (χ0v) is 52.3. The summed E-state index contributed by atoms with van der Waals surface area (Å²) in [4.78, 5) is 109. The summed E-state index contributed by atoms with van der Waals surface area (Å²) in [7, 11) is 3.19. The van der Waals surface area contributed by atoms with Gasteiger partial charge in [-0.2, -0.15) is 0 Å². The summed E-state index contributed by atoms with van der Waals surface area (Å²) in [5, 5.41) is 65.2. The number of nitrogens with zero attached hydrogens (tertiary/aromatic N) is 2. The van der Waals surface area contributed by atoms with Crippen molar-refractivity contribution in [3.63, 3.8) is 0 Å². The van der Waals surface area contributed by atoms with Crippen LogP contribution < -0.4 is 36.2 Å². The maximum atomic E-state index is 14.3. The average Bonchev–Trinajstić information content (AvgIpc) is 2.01. The van der Waals surface area contributed by atoms with Crippen LogP contribution in [0, 0.1) is 18.3 Å². The van der Waals surface area contributed by atoms with Crippen LogP contribution in [0.4, 0.5) is 21.9 Å². The largest absolute Gasteiger partial charge is 0.479 e. The van der Waals surface area contributed by atoms with E-state index in [-0.39, 0.29) is 72.7 Å². The van der Waals surface area contributed by atoms with Gasteiger partial charge in [0.25, 0.3) is 0 Å². The molecule has 0 aromatic heterocycles. The number of aliphatic carboxylic acids is 2. The number of fused-ring (bicyclic) bond motifs is 2. The first-order valence-electron chi connectivity index (χ1n) is 29.6. The number of carboxylic acids is 2. The Balaban J connectivity index is 1.09. The maximum absolute atomic E-state index is 14.3. The third kappa shape index (κ3) is 18.1. The summed E-state index contributed by atoms with van der Waals surface area (Å²) >= 11 is 0. The fraction of sp³-hybridized carbons (Fsp3) is 0.455. The molecule has 89 heavy (non-hydrogen) atoms. The van der Waals surface area contributed by atoms with E-state index in [0.717, 1.165) is 22.4 Å². The number of hydrogen-bond donors (Lipinski definition) is 10. The molecular weight excluding hydrogens is 1150 g/mol. The Hall–Kier alpha value is -8.48. The summed E-state index contributed by atoms with van der Waals surface area (Å²) in [5.74, 6) is -5.00. The topological polar surface area (TPSA) is 332 Å². The van der Waals surface area contributed by atoms with Gasteiger partial charge in [-0.1, -0.05) is 121 Å². The molecule has 4 aromatic rings. The van der Waals surface area contributed by atoms with E-state index in [2.05, 4.69) is 26.6 Å². The van der Waals surface area contributed by atoms with Crippen LogP contribution in [0.5, 0.6) is 5.75 Å². The van der Waals surface area contributed by atoms with Crippen LogP contribution in [-0.2, 0) is 61.6 Å². The molecule has 23 nitrogen and oxygen atoms in total. The molecule has 6 rings (SSSR count). The van der Waals surface area contributed by atoms with Crippen LogP contribution in [-0.4, -0.2) is 147 Å². The van der Waals surface area contributed by atoms with Gasteiger partial charge in [0.15, 0.2) is 6.10 Å². The van der Waals surface area contributed by atoms with Gasteiger partial charge < -0.3 is 70.8 Å². The van der Waals surface area contributed by atoms with E-state index in [1.807, 2.05) is 109 Å². The highest BCUT2D eigenvalue weighted by Crippen LogP contribution is 2.36. The number of likely N-dealkylation sites (N-methyl/N-ethyl adjacent to an activating group) is 2.